The molecule has 1 N–H and O–H groups in total. The Kier molecular flexibility index (Phi) is 6.85. The third-order valence-electron chi connectivity index (χ3n) is 5.11. The van der Waals surface area contributed by atoms with Crippen molar-refractivity contribution in [3.63, 3.8) is 0 Å². The number of benzene rings is 1. The maximum Gasteiger partial charge on any atom is 0.257 e. The zero-order chi connectivity index (χ0) is 21.3. The summed E-state index contributed by atoms with van der Waals surface area (Å²) in [6.07, 6.45) is 3.70. The number of amides is 2. The zero-order valence-corrected chi connectivity index (χ0v) is 20.6. The number of methoxy groups -OCH3 is 1. The van der Waals surface area contributed by atoms with Crippen LogP contribution in [0.1, 0.15) is 28.8 Å². The number of aromatic nitrogens is 1. The van der Waals surface area contributed by atoms with Gasteiger partial charge in [0, 0.05) is 59.9 Å². The van der Waals surface area contributed by atoms with Gasteiger partial charge in [-0.25, -0.2) is 8.10 Å². The van der Waals surface area contributed by atoms with E-state index in [1.165, 1.54) is 11.3 Å². The lowest BCUT2D eigenvalue weighted by molar-refractivity contribution is -0.117. The summed E-state index contributed by atoms with van der Waals surface area (Å²) < 4.78 is 8.67. The minimum atomic E-state index is -0.000101. The fourth-order valence-corrected chi connectivity index (χ4v) is 5.56. The molecule has 0 bridgehead atoms. The van der Waals surface area contributed by atoms with E-state index >= 15 is 0 Å². The molecule has 10 heteroatoms. The van der Waals surface area contributed by atoms with Gasteiger partial charge in [0.05, 0.1) is 23.1 Å². The summed E-state index contributed by atoms with van der Waals surface area (Å²) in [5.41, 5.74) is 1.61. The van der Waals surface area contributed by atoms with Crippen molar-refractivity contribution < 1.29 is 14.3 Å². The molecule has 1 aliphatic heterocycles. The molecule has 1 aromatic carbocycles. The van der Waals surface area contributed by atoms with Gasteiger partial charge in [0.25, 0.3) is 5.91 Å². The van der Waals surface area contributed by atoms with Crippen molar-refractivity contribution >= 4 is 62.9 Å². The van der Waals surface area contributed by atoms with E-state index < -0.39 is 0 Å². The predicted octanol–water partition coefficient (Wildman–Crippen LogP) is 4.07. The van der Waals surface area contributed by atoms with Crippen LogP contribution in [0.4, 0.5) is 5.13 Å². The molecule has 2 fully saturated rings. The Bertz CT molecular complexity index is 956. The van der Waals surface area contributed by atoms with Crippen molar-refractivity contribution in [3.8, 4) is 5.75 Å². The first-order valence-electron chi connectivity index (χ1n) is 9.78. The number of anilines is 1. The summed E-state index contributed by atoms with van der Waals surface area (Å²) >= 11 is 5.30. The molecule has 2 aromatic rings. The predicted molar refractivity (Wildman–Crippen MR) is 127 cm³/mol. The van der Waals surface area contributed by atoms with Crippen LogP contribution in [0.25, 0.3) is 0 Å². The molecule has 1 saturated carbocycles. The number of piperazine rings is 1. The van der Waals surface area contributed by atoms with Crippen molar-refractivity contribution in [2.75, 3.05) is 38.6 Å². The van der Waals surface area contributed by atoms with Gasteiger partial charge in [-0.1, -0.05) is 23.1 Å². The van der Waals surface area contributed by atoms with Gasteiger partial charge < -0.3 is 15.0 Å². The fraction of sp³-hybridized carbons (Fsp3) is 0.450. The van der Waals surface area contributed by atoms with Crippen molar-refractivity contribution in [1.82, 2.24) is 13.0 Å². The SMILES string of the molecule is COc1cc(C)c(Sc2cnc(NC(=O)C3CC3)s2)cc1C(=O)N1CCN(I)CC1. The molecule has 0 atom stereocenters. The minimum absolute atomic E-state index is 0.000101. The third kappa shape index (κ3) is 5.09. The molecule has 4 rings (SSSR count). The van der Waals surface area contributed by atoms with Gasteiger partial charge in [-0.15, -0.1) is 0 Å². The van der Waals surface area contributed by atoms with E-state index in [0.29, 0.717) is 29.5 Å². The molecule has 2 heterocycles. The topological polar surface area (TPSA) is 74.8 Å². The second kappa shape index (κ2) is 9.41. The molecule has 1 saturated heterocycles. The van der Waals surface area contributed by atoms with E-state index in [4.69, 9.17) is 4.74 Å². The van der Waals surface area contributed by atoms with E-state index in [1.807, 2.05) is 24.0 Å². The highest BCUT2D eigenvalue weighted by Gasteiger charge is 2.30. The van der Waals surface area contributed by atoms with Crippen LogP contribution in [0.2, 0.25) is 0 Å². The Balaban J connectivity index is 1.52. The zero-order valence-electron chi connectivity index (χ0n) is 16.8. The fourth-order valence-electron chi connectivity index (χ4n) is 3.19. The van der Waals surface area contributed by atoms with Crippen molar-refractivity contribution in [2.45, 2.75) is 28.9 Å². The minimum Gasteiger partial charge on any atom is -0.496 e. The number of rotatable bonds is 6. The van der Waals surface area contributed by atoms with Crippen LogP contribution in [0.3, 0.4) is 0 Å². The summed E-state index contributed by atoms with van der Waals surface area (Å²) in [7, 11) is 1.60. The van der Waals surface area contributed by atoms with Crippen LogP contribution in [-0.4, -0.2) is 58.1 Å². The lowest BCUT2D eigenvalue weighted by Gasteiger charge is -2.31. The lowest BCUT2D eigenvalue weighted by atomic mass is 10.1. The molecule has 7 nitrogen and oxygen atoms in total. The first-order valence-corrected chi connectivity index (χ1v) is 12.4. The number of ether oxygens (including phenoxy) is 1. The summed E-state index contributed by atoms with van der Waals surface area (Å²) in [6.45, 7) is 5.14. The second-order valence-corrected chi connectivity index (χ2v) is 11.1. The maximum absolute atomic E-state index is 13.2. The molecule has 0 spiro atoms. The standard InChI is InChI=1S/C20H23IN4O3S2/c1-12-9-15(28-2)14(19(27)24-5-7-25(21)8-6-24)10-16(12)29-17-11-22-20(30-17)23-18(26)13-3-4-13/h9-11,13H,3-8H2,1-2H3,(H,22,23,26). The highest BCUT2D eigenvalue weighted by molar-refractivity contribution is 14.1. The highest BCUT2D eigenvalue weighted by Crippen LogP contribution is 2.39. The number of nitrogens with one attached hydrogen (secondary N) is 1. The molecular weight excluding hydrogens is 535 g/mol. The normalized spacial score (nSPS) is 17.1. The van der Waals surface area contributed by atoms with Crippen LogP contribution < -0.4 is 10.1 Å². The average molecular weight is 558 g/mol. The number of thiazole rings is 1. The third-order valence-corrected chi connectivity index (χ3v) is 8.25. The molecule has 1 aliphatic carbocycles. The lowest BCUT2D eigenvalue weighted by Crippen LogP contribution is -2.45. The van der Waals surface area contributed by atoms with Crippen molar-refractivity contribution in [2.24, 2.45) is 5.92 Å². The Labute approximate surface area is 198 Å². The molecule has 0 radical (unpaired) electrons. The molecule has 2 amide bonds. The van der Waals surface area contributed by atoms with E-state index in [0.717, 1.165) is 40.6 Å². The van der Waals surface area contributed by atoms with Gasteiger partial charge in [-0.2, -0.15) is 0 Å². The van der Waals surface area contributed by atoms with Crippen LogP contribution in [0.5, 0.6) is 5.75 Å². The average Bonchev–Trinajstić information content (AvgIpc) is 3.50. The number of hydrogen-bond donors (Lipinski definition) is 1. The Morgan fingerprint density at radius 1 is 1.27 bits per heavy atom. The first kappa shape index (κ1) is 21.8. The van der Waals surface area contributed by atoms with Crippen LogP contribution in [0.15, 0.2) is 27.4 Å². The second-order valence-electron chi connectivity index (χ2n) is 7.37. The van der Waals surface area contributed by atoms with E-state index in [9.17, 15) is 9.59 Å². The molecule has 0 unspecified atom stereocenters. The number of carbonyl (C=O) groups excluding carboxylic acids is 2. The smallest absolute Gasteiger partial charge is 0.257 e. The van der Waals surface area contributed by atoms with Gasteiger partial charge in [-0.3, -0.25) is 9.59 Å². The number of nitrogens with zero attached hydrogens (tertiary/aromatic N) is 3. The first-order chi connectivity index (χ1) is 14.4. The van der Waals surface area contributed by atoms with Gasteiger partial charge >= 0.3 is 0 Å². The van der Waals surface area contributed by atoms with E-state index in [-0.39, 0.29) is 17.7 Å². The largest absolute Gasteiger partial charge is 0.496 e. The quantitative estimate of drug-likeness (QED) is 0.426. The van der Waals surface area contributed by atoms with Gasteiger partial charge in [-0.05, 0) is 37.5 Å². The highest BCUT2D eigenvalue weighted by atomic mass is 127. The Hall–Kier alpha value is -1.37. The number of aryl methyl sites for hydroxylation is 1. The summed E-state index contributed by atoms with van der Waals surface area (Å²) in [6, 6.07) is 3.83. The van der Waals surface area contributed by atoms with Gasteiger partial charge in [0.15, 0.2) is 5.13 Å². The van der Waals surface area contributed by atoms with Crippen molar-refractivity contribution in [3.05, 3.63) is 29.5 Å². The summed E-state index contributed by atoms with van der Waals surface area (Å²) in [5.74, 6) is 0.804. The van der Waals surface area contributed by atoms with Gasteiger partial charge in [0.1, 0.15) is 5.75 Å². The van der Waals surface area contributed by atoms with Crippen LogP contribution in [0, 0.1) is 12.8 Å². The summed E-state index contributed by atoms with van der Waals surface area (Å²) in [4.78, 5) is 32.3. The van der Waals surface area contributed by atoms with Crippen molar-refractivity contribution in [1.29, 1.82) is 0 Å². The number of carbonyl (C=O) groups is 2. The molecule has 30 heavy (non-hydrogen) atoms. The monoisotopic (exact) mass is 558 g/mol. The Morgan fingerprint density at radius 2 is 2.00 bits per heavy atom. The van der Waals surface area contributed by atoms with Gasteiger partial charge in [0.2, 0.25) is 5.91 Å². The maximum atomic E-state index is 13.2. The molecule has 160 valence electrons. The van der Waals surface area contributed by atoms with E-state index in [2.05, 4.69) is 36.3 Å². The van der Waals surface area contributed by atoms with Crippen LogP contribution in [-0.2, 0) is 4.79 Å². The molecule has 2 aliphatic rings. The summed E-state index contributed by atoms with van der Waals surface area (Å²) in [5, 5.41) is 3.51. The molecular formula is C20H23IN4O3S2. The molecule has 1 aromatic heterocycles. The van der Waals surface area contributed by atoms with E-state index in [1.54, 1.807) is 25.1 Å². The number of halogens is 1. The van der Waals surface area contributed by atoms with Crippen LogP contribution >= 0.6 is 46.0 Å². The Morgan fingerprint density at radius 3 is 2.67 bits per heavy atom. The number of hydrogen-bond acceptors (Lipinski definition) is 7.